The molecule has 0 unspecified atom stereocenters. The number of hydrogen-bond acceptors (Lipinski definition) is 5. The van der Waals surface area contributed by atoms with Crippen LogP contribution in [0.1, 0.15) is 16.1 Å². The van der Waals surface area contributed by atoms with E-state index in [1.54, 1.807) is 30.0 Å². The summed E-state index contributed by atoms with van der Waals surface area (Å²) >= 11 is 1.59. The highest BCUT2D eigenvalue weighted by Gasteiger charge is 2.09. The number of nitrogens with zero attached hydrogens (tertiary/aromatic N) is 2. The predicted molar refractivity (Wildman–Crippen MR) is 89.4 cm³/mol. The zero-order valence-corrected chi connectivity index (χ0v) is 13.3. The fourth-order valence-electron chi connectivity index (χ4n) is 1.89. The van der Waals surface area contributed by atoms with E-state index in [9.17, 15) is 4.79 Å². The van der Waals surface area contributed by atoms with Crippen LogP contribution in [-0.2, 0) is 6.54 Å². The maximum atomic E-state index is 12.1. The second-order valence-corrected chi connectivity index (χ2v) is 5.26. The number of pyridine rings is 1. The van der Waals surface area contributed by atoms with Crippen LogP contribution in [0.3, 0.4) is 0 Å². The van der Waals surface area contributed by atoms with Crippen molar-refractivity contribution in [2.75, 3.05) is 13.4 Å². The molecule has 0 aliphatic rings. The van der Waals surface area contributed by atoms with Crippen LogP contribution < -0.4 is 10.1 Å². The van der Waals surface area contributed by atoms with Gasteiger partial charge in [0, 0.05) is 17.5 Å². The average Bonchev–Trinajstić information content (AvgIpc) is 2.59. The van der Waals surface area contributed by atoms with E-state index in [-0.39, 0.29) is 5.91 Å². The number of aromatic nitrogens is 1. The Labute approximate surface area is 133 Å². The molecule has 1 aromatic heterocycles. The molecule has 0 aliphatic heterocycles. The summed E-state index contributed by atoms with van der Waals surface area (Å²) < 4.78 is 5.01. The number of rotatable bonds is 6. The maximum Gasteiger partial charge on any atom is 0.270 e. The van der Waals surface area contributed by atoms with Gasteiger partial charge in [0.05, 0.1) is 12.8 Å². The van der Waals surface area contributed by atoms with Crippen molar-refractivity contribution in [3.63, 3.8) is 0 Å². The summed E-state index contributed by atoms with van der Waals surface area (Å²) in [7, 11) is 1.52. The first-order chi connectivity index (χ1) is 10.7. The lowest BCUT2D eigenvalue weighted by Crippen LogP contribution is -2.23. The topological polar surface area (TPSA) is 63.6 Å². The quantitative estimate of drug-likeness (QED) is 0.657. The molecule has 2 aromatic rings. The summed E-state index contributed by atoms with van der Waals surface area (Å²) in [6, 6.07) is 10.9. The highest BCUT2D eigenvalue weighted by atomic mass is 32.2. The van der Waals surface area contributed by atoms with E-state index in [4.69, 9.17) is 4.74 Å². The molecule has 0 bridgehead atoms. The van der Waals surface area contributed by atoms with Crippen molar-refractivity contribution in [1.82, 2.24) is 10.3 Å². The van der Waals surface area contributed by atoms with Gasteiger partial charge in [0.1, 0.15) is 5.69 Å². The Morgan fingerprint density at radius 3 is 2.91 bits per heavy atom. The van der Waals surface area contributed by atoms with E-state index in [1.165, 1.54) is 7.11 Å². The van der Waals surface area contributed by atoms with Gasteiger partial charge in [0.2, 0.25) is 5.88 Å². The summed E-state index contributed by atoms with van der Waals surface area (Å²) in [5, 5.41) is 2.84. The van der Waals surface area contributed by atoms with Gasteiger partial charge in [0.15, 0.2) is 0 Å². The van der Waals surface area contributed by atoms with E-state index in [0.717, 1.165) is 16.1 Å². The molecular formula is C16H17N3O2S. The van der Waals surface area contributed by atoms with Gasteiger partial charge >= 0.3 is 0 Å². The molecule has 114 valence electrons. The molecule has 5 nitrogen and oxygen atoms in total. The maximum absolute atomic E-state index is 12.1. The van der Waals surface area contributed by atoms with E-state index in [1.807, 2.05) is 24.5 Å². The molecule has 1 N–H and O–H groups in total. The average molecular weight is 315 g/mol. The van der Waals surface area contributed by atoms with Gasteiger partial charge in [-0.1, -0.05) is 12.1 Å². The zero-order valence-electron chi connectivity index (χ0n) is 12.5. The van der Waals surface area contributed by atoms with Gasteiger partial charge in [0.25, 0.3) is 5.91 Å². The predicted octanol–water partition coefficient (Wildman–Crippen LogP) is 3.07. The van der Waals surface area contributed by atoms with Crippen LogP contribution in [0.5, 0.6) is 5.88 Å². The van der Waals surface area contributed by atoms with E-state index in [2.05, 4.69) is 22.0 Å². The fraction of sp³-hybridized carbons (Fsp3) is 0.188. The number of hydrogen-bond donors (Lipinski definition) is 1. The van der Waals surface area contributed by atoms with Gasteiger partial charge in [-0.3, -0.25) is 9.79 Å². The normalized spacial score (nSPS) is 10.1. The number of benzene rings is 1. The second-order valence-electron chi connectivity index (χ2n) is 4.41. The summed E-state index contributed by atoms with van der Waals surface area (Å²) in [6.45, 7) is 3.97. The van der Waals surface area contributed by atoms with Crippen molar-refractivity contribution in [3.8, 4) is 5.88 Å². The first-order valence-corrected chi connectivity index (χ1v) is 7.83. The van der Waals surface area contributed by atoms with Gasteiger partial charge in [-0.25, -0.2) is 4.98 Å². The Hall–Kier alpha value is -2.34. The minimum Gasteiger partial charge on any atom is -0.481 e. The number of methoxy groups -OCH3 is 1. The first-order valence-electron chi connectivity index (χ1n) is 6.61. The molecule has 6 heteroatoms. The Morgan fingerprint density at radius 1 is 1.41 bits per heavy atom. The molecule has 2 rings (SSSR count). The van der Waals surface area contributed by atoms with Gasteiger partial charge in [-0.15, -0.1) is 11.8 Å². The molecule has 1 amide bonds. The zero-order chi connectivity index (χ0) is 15.9. The molecule has 0 radical (unpaired) electrons. The largest absolute Gasteiger partial charge is 0.481 e. The standard InChI is InChI=1S/C16H17N3O2S/c1-17-12-8-7-11(9-14(12)22-3)10-18-16(20)13-5-4-6-15(19-13)21-2/h4-9H,1,10H2,2-3H3,(H,18,20). The minimum atomic E-state index is -0.240. The molecule has 0 aliphatic carbocycles. The van der Waals surface area contributed by atoms with Crippen molar-refractivity contribution >= 4 is 30.1 Å². The number of aliphatic imine (C=N–C) groups is 1. The van der Waals surface area contributed by atoms with Crippen LogP contribution in [0.25, 0.3) is 0 Å². The number of nitrogens with one attached hydrogen (secondary N) is 1. The lowest BCUT2D eigenvalue weighted by atomic mass is 10.2. The fourth-order valence-corrected chi connectivity index (χ4v) is 2.50. The molecular weight excluding hydrogens is 298 g/mol. The number of amides is 1. The van der Waals surface area contributed by atoms with Crippen molar-refractivity contribution in [2.45, 2.75) is 11.4 Å². The van der Waals surface area contributed by atoms with Crippen molar-refractivity contribution in [2.24, 2.45) is 4.99 Å². The van der Waals surface area contributed by atoms with Gasteiger partial charge in [-0.05, 0) is 36.7 Å². The van der Waals surface area contributed by atoms with Crippen LogP contribution in [0.4, 0.5) is 5.69 Å². The number of carbonyl (C=O) groups excluding carboxylic acids is 1. The second kappa shape index (κ2) is 7.61. The van der Waals surface area contributed by atoms with Crippen molar-refractivity contribution in [1.29, 1.82) is 0 Å². The highest BCUT2D eigenvalue weighted by molar-refractivity contribution is 7.98. The molecule has 1 heterocycles. The number of carbonyl (C=O) groups is 1. The minimum absolute atomic E-state index is 0.240. The number of ether oxygens (including phenoxy) is 1. The van der Waals surface area contributed by atoms with Crippen LogP contribution in [0.2, 0.25) is 0 Å². The molecule has 0 saturated carbocycles. The SMILES string of the molecule is C=Nc1ccc(CNC(=O)c2cccc(OC)n2)cc1SC. The Balaban J connectivity index is 2.06. The molecule has 0 atom stereocenters. The third-order valence-corrected chi connectivity index (χ3v) is 3.80. The Kier molecular flexibility index (Phi) is 5.55. The first kappa shape index (κ1) is 16.0. The van der Waals surface area contributed by atoms with Crippen LogP contribution in [0, 0.1) is 0 Å². The lowest BCUT2D eigenvalue weighted by Gasteiger charge is -2.08. The number of thioether (sulfide) groups is 1. The van der Waals surface area contributed by atoms with Crippen molar-refractivity contribution < 1.29 is 9.53 Å². The van der Waals surface area contributed by atoms with Gasteiger partial charge < -0.3 is 10.1 Å². The molecule has 0 spiro atoms. The smallest absolute Gasteiger partial charge is 0.270 e. The van der Waals surface area contributed by atoms with Crippen molar-refractivity contribution in [3.05, 3.63) is 47.7 Å². The van der Waals surface area contributed by atoms with Crippen LogP contribution >= 0.6 is 11.8 Å². The molecule has 0 fully saturated rings. The Bertz CT molecular complexity index is 689. The monoisotopic (exact) mass is 315 g/mol. The van der Waals surface area contributed by atoms with Gasteiger partial charge in [-0.2, -0.15) is 0 Å². The molecule has 0 saturated heterocycles. The van der Waals surface area contributed by atoms with E-state index < -0.39 is 0 Å². The van der Waals surface area contributed by atoms with Crippen LogP contribution in [0.15, 0.2) is 46.3 Å². The third-order valence-electron chi connectivity index (χ3n) is 3.03. The van der Waals surface area contributed by atoms with E-state index >= 15 is 0 Å². The Morgan fingerprint density at radius 2 is 2.23 bits per heavy atom. The summed E-state index contributed by atoms with van der Waals surface area (Å²) in [6.07, 6.45) is 1.98. The molecule has 1 aromatic carbocycles. The third kappa shape index (κ3) is 3.85. The van der Waals surface area contributed by atoms with E-state index in [0.29, 0.717) is 18.1 Å². The summed E-state index contributed by atoms with van der Waals surface area (Å²) in [4.78, 5) is 21.2. The summed E-state index contributed by atoms with van der Waals surface area (Å²) in [5.41, 5.74) is 2.17. The highest BCUT2D eigenvalue weighted by Crippen LogP contribution is 2.28. The van der Waals surface area contributed by atoms with Crippen LogP contribution in [-0.4, -0.2) is 31.0 Å². The molecule has 22 heavy (non-hydrogen) atoms. The lowest BCUT2D eigenvalue weighted by molar-refractivity contribution is 0.0945. The summed E-state index contributed by atoms with van der Waals surface area (Å²) in [5.74, 6) is 0.175.